The van der Waals surface area contributed by atoms with Crippen molar-refractivity contribution in [1.82, 2.24) is 30.0 Å². The first-order valence-corrected chi connectivity index (χ1v) is 13.8. The van der Waals surface area contributed by atoms with Gasteiger partial charge in [0.15, 0.2) is 0 Å². The number of fused-ring (bicyclic) bond motifs is 1. The maximum absolute atomic E-state index is 14.0. The van der Waals surface area contributed by atoms with E-state index in [9.17, 15) is 23.5 Å². The van der Waals surface area contributed by atoms with Crippen LogP contribution in [-0.2, 0) is 12.6 Å². The average molecular weight is 581 g/mol. The summed E-state index contributed by atoms with van der Waals surface area (Å²) in [6.45, 7) is 4.43. The summed E-state index contributed by atoms with van der Waals surface area (Å²) in [5.74, 6) is -0.0502. The largest absolute Gasteiger partial charge is 0.474 e. The third-order valence-corrected chi connectivity index (χ3v) is 8.22. The van der Waals surface area contributed by atoms with Crippen molar-refractivity contribution in [3.8, 4) is 28.5 Å². The molecule has 2 amide bonds. The quantitative estimate of drug-likeness (QED) is 0.329. The van der Waals surface area contributed by atoms with Crippen LogP contribution in [0.15, 0.2) is 48.0 Å². The van der Waals surface area contributed by atoms with Gasteiger partial charge in [-0.25, -0.2) is 19.2 Å². The van der Waals surface area contributed by atoms with E-state index in [0.717, 1.165) is 11.3 Å². The van der Waals surface area contributed by atoms with Gasteiger partial charge in [0.2, 0.25) is 11.0 Å². The van der Waals surface area contributed by atoms with E-state index in [4.69, 9.17) is 4.74 Å². The maximum Gasteiger partial charge on any atom is 0.405 e. The smallest absolute Gasteiger partial charge is 0.405 e. The number of ether oxygens (including phenoxy) is 1. The van der Waals surface area contributed by atoms with Crippen molar-refractivity contribution in [1.29, 1.82) is 0 Å². The molecule has 2 aliphatic rings. The standard InChI is InChI=1S/C28H26F2N6O4S/c1-28(2,33-27(38)39)15-8-19(14-4-6-16(29)7-5-14)32-22(9-15)40-24-17-11-36(12-18(17)24)26(37)21-10-20(34-35(21)3)23-25(30)41-13-31-23/h4-10,13,17-18,24,33H,11-12H2,1-3H3,(H,38,39)/t17-,18+,24-. The number of carbonyl (C=O) groups is 2. The lowest BCUT2D eigenvalue weighted by Crippen LogP contribution is -2.40. The second kappa shape index (κ2) is 9.91. The number of halogens is 2. The highest BCUT2D eigenvalue weighted by Crippen LogP contribution is 2.48. The van der Waals surface area contributed by atoms with Crippen LogP contribution in [0.4, 0.5) is 13.6 Å². The summed E-state index contributed by atoms with van der Waals surface area (Å²) in [6.07, 6.45) is -1.33. The van der Waals surface area contributed by atoms with Gasteiger partial charge in [0.05, 0.1) is 16.7 Å². The number of rotatable bonds is 7. The molecule has 1 aliphatic carbocycles. The number of benzene rings is 1. The normalized spacial score (nSPS) is 19.6. The van der Waals surface area contributed by atoms with E-state index < -0.39 is 16.8 Å². The highest BCUT2D eigenvalue weighted by atomic mass is 32.1. The molecule has 3 atom stereocenters. The van der Waals surface area contributed by atoms with Gasteiger partial charge in [0.1, 0.15) is 29.0 Å². The van der Waals surface area contributed by atoms with Crippen molar-refractivity contribution in [2.75, 3.05) is 13.1 Å². The van der Waals surface area contributed by atoms with E-state index in [2.05, 4.69) is 20.4 Å². The van der Waals surface area contributed by atoms with Gasteiger partial charge in [-0.05, 0) is 55.8 Å². The molecule has 0 spiro atoms. The van der Waals surface area contributed by atoms with Crippen LogP contribution in [0.25, 0.3) is 22.6 Å². The van der Waals surface area contributed by atoms with Crippen molar-refractivity contribution < 1.29 is 28.2 Å². The number of carbonyl (C=O) groups excluding carboxylic acids is 1. The Kier molecular flexibility index (Phi) is 6.48. The molecule has 6 rings (SSSR count). The first-order chi connectivity index (χ1) is 19.5. The van der Waals surface area contributed by atoms with Gasteiger partial charge < -0.3 is 20.1 Å². The Morgan fingerprint density at radius 3 is 2.44 bits per heavy atom. The van der Waals surface area contributed by atoms with Gasteiger partial charge in [0, 0.05) is 43.6 Å². The number of hydrogen-bond acceptors (Lipinski definition) is 7. The third-order valence-electron chi connectivity index (χ3n) is 7.61. The van der Waals surface area contributed by atoms with Crippen molar-refractivity contribution in [3.63, 3.8) is 0 Å². The predicted octanol–water partition coefficient (Wildman–Crippen LogP) is 4.54. The topological polar surface area (TPSA) is 122 Å². The molecule has 0 unspecified atom stereocenters. The van der Waals surface area contributed by atoms with Crippen LogP contribution in [0.1, 0.15) is 29.9 Å². The van der Waals surface area contributed by atoms with E-state index in [0.29, 0.717) is 47.2 Å². The highest BCUT2D eigenvalue weighted by Gasteiger charge is 2.59. The van der Waals surface area contributed by atoms with Crippen molar-refractivity contribution in [3.05, 3.63) is 70.2 Å². The Morgan fingerprint density at radius 1 is 1.10 bits per heavy atom. The lowest BCUT2D eigenvalue weighted by Gasteiger charge is -2.26. The molecule has 1 saturated carbocycles. The Morgan fingerprint density at radius 2 is 1.80 bits per heavy atom. The Bertz CT molecular complexity index is 1640. The summed E-state index contributed by atoms with van der Waals surface area (Å²) >= 11 is 0.874. The third kappa shape index (κ3) is 5.12. The van der Waals surface area contributed by atoms with Crippen LogP contribution in [0.2, 0.25) is 0 Å². The summed E-state index contributed by atoms with van der Waals surface area (Å²) in [6, 6.07) is 10.9. The lowest BCUT2D eigenvalue weighted by molar-refractivity contribution is 0.0740. The Balaban J connectivity index is 1.18. The molecule has 13 heteroatoms. The number of carboxylic acid groups (broad SMARTS) is 1. The fourth-order valence-electron chi connectivity index (χ4n) is 5.33. The summed E-state index contributed by atoms with van der Waals surface area (Å²) in [4.78, 5) is 35.0. The zero-order chi connectivity index (χ0) is 29.1. The maximum atomic E-state index is 14.0. The number of hydrogen-bond donors (Lipinski definition) is 2. The Hall–Kier alpha value is -4.39. The van der Waals surface area contributed by atoms with Crippen LogP contribution in [0.5, 0.6) is 5.88 Å². The van der Waals surface area contributed by atoms with Gasteiger partial charge in [-0.3, -0.25) is 9.48 Å². The molecule has 0 bridgehead atoms. The highest BCUT2D eigenvalue weighted by molar-refractivity contribution is 7.08. The number of amides is 2. The summed E-state index contributed by atoms with van der Waals surface area (Å²) in [5.41, 5.74) is 3.03. The minimum absolute atomic E-state index is 0.104. The molecule has 1 saturated heterocycles. The number of aryl methyl sites for hydroxylation is 1. The van der Waals surface area contributed by atoms with Gasteiger partial charge in [-0.15, -0.1) is 0 Å². The van der Waals surface area contributed by atoms with Crippen molar-refractivity contribution in [2.24, 2.45) is 18.9 Å². The number of aromatic nitrogens is 4. The van der Waals surface area contributed by atoms with Crippen LogP contribution < -0.4 is 10.1 Å². The lowest BCUT2D eigenvalue weighted by atomic mass is 9.93. The molecule has 212 valence electrons. The SMILES string of the molecule is Cn1nc(-c2ncsc2F)cc1C(=O)N1C[C@@H]2[C@H](C1)[C@@H]2Oc1cc(C(C)(C)NC(=O)O)cc(-c2ccc(F)cc2)n1. The van der Waals surface area contributed by atoms with E-state index in [1.807, 2.05) is 0 Å². The molecule has 0 radical (unpaired) electrons. The second-order valence-electron chi connectivity index (χ2n) is 10.8. The minimum atomic E-state index is -1.17. The van der Waals surface area contributed by atoms with Crippen LogP contribution in [0, 0.1) is 22.8 Å². The Labute approximate surface area is 237 Å². The van der Waals surface area contributed by atoms with Crippen LogP contribution in [-0.4, -0.2) is 60.9 Å². The fourth-order valence-corrected chi connectivity index (χ4v) is 5.85. The van der Waals surface area contributed by atoms with Crippen LogP contribution >= 0.6 is 11.3 Å². The first-order valence-electron chi connectivity index (χ1n) is 12.9. The minimum Gasteiger partial charge on any atom is -0.474 e. The number of nitrogens with one attached hydrogen (secondary N) is 1. The summed E-state index contributed by atoms with van der Waals surface area (Å²) < 4.78 is 35.2. The predicted molar refractivity (Wildman–Crippen MR) is 145 cm³/mol. The molecule has 4 aromatic rings. The van der Waals surface area contributed by atoms with E-state index in [-0.39, 0.29) is 35.4 Å². The number of piperidine rings is 1. The first kappa shape index (κ1) is 26.8. The fraction of sp³-hybridized carbons (Fsp3) is 0.321. The second-order valence-corrected chi connectivity index (χ2v) is 11.6. The van der Waals surface area contributed by atoms with Gasteiger partial charge in [-0.2, -0.15) is 9.49 Å². The van der Waals surface area contributed by atoms with Gasteiger partial charge in [0.25, 0.3) is 5.91 Å². The van der Waals surface area contributed by atoms with E-state index in [1.54, 1.807) is 56.1 Å². The number of thiazole rings is 1. The molecule has 1 aliphatic heterocycles. The molecule has 4 heterocycles. The summed E-state index contributed by atoms with van der Waals surface area (Å²) in [5, 5.41) is 15.7. The van der Waals surface area contributed by atoms with E-state index in [1.165, 1.54) is 22.3 Å². The molecule has 1 aromatic carbocycles. The number of pyridine rings is 1. The van der Waals surface area contributed by atoms with Crippen molar-refractivity contribution >= 4 is 23.3 Å². The zero-order valence-corrected chi connectivity index (χ0v) is 23.2. The summed E-state index contributed by atoms with van der Waals surface area (Å²) in [7, 11) is 1.64. The molecule has 2 N–H and O–H groups in total. The molecule has 3 aromatic heterocycles. The molecule has 10 nitrogen and oxygen atoms in total. The average Bonchev–Trinajstić information content (AvgIpc) is 3.34. The van der Waals surface area contributed by atoms with E-state index >= 15 is 0 Å². The van der Waals surface area contributed by atoms with Gasteiger partial charge in [-0.1, -0.05) is 11.3 Å². The molecular weight excluding hydrogens is 554 g/mol. The molecule has 41 heavy (non-hydrogen) atoms. The molecular formula is C28H26F2N6O4S. The molecule has 2 fully saturated rings. The van der Waals surface area contributed by atoms with Crippen molar-refractivity contribution in [2.45, 2.75) is 25.5 Å². The van der Waals surface area contributed by atoms with Gasteiger partial charge >= 0.3 is 6.09 Å². The van der Waals surface area contributed by atoms with Crippen LogP contribution in [0.3, 0.4) is 0 Å². The monoisotopic (exact) mass is 580 g/mol. The number of nitrogens with zero attached hydrogens (tertiary/aromatic N) is 5. The number of likely N-dealkylation sites (tertiary alicyclic amines) is 1. The zero-order valence-electron chi connectivity index (χ0n) is 22.3.